The molecule has 0 aliphatic rings. The molecule has 3 rings (SSSR count). The number of ketones is 1. The molecule has 0 spiro atoms. The number of fused-ring (bicyclic) bond motifs is 1. The van der Waals surface area contributed by atoms with E-state index in [4.69, 9.17) is 9.15 Å². The highest BCUT2D eigenvalue weighted by Gasteiger charge is 2.16. The van der Waals surface area contributed by atoms with Gasteiger partial charge in [-0.15, -0.1) is 0 Å². The lowest BCUT2D eigenvalue weighted by Crippen LogP contribution is -2.14. The van der Waals surface area contributed by atoms with E-state index in [1.54, 1.807) is 25.1 Å². The first-order chi connectivity index (χ1) is 12.4. The summed E-state index contributed by atoms with van der Waals surface area (Å²) in [6.07, 6.45) is 0. The Bertz CT molecular complexity index is 1010. The van der Waals surface area contributed by atoms with Crippen molar-refractivity contribution in [3.05, 3.63) is 70.1 Å². The predicted octanol–water partition coefficient (Wildman–Crippen LogP) is 3.96. The molecule has 0 bridgehead atoms. The highest BCUT2D eigenvalue weighted by atomic mass is 19.3. The number of Topliss-reactive ketones (excluding diaryl/α,β-unsaturated/α-hetero) is 1. The summed E-state index contributed by atoms with van der Waals surface area (Å²) in [7, 11) is 0. The lowest BCUT2D eigenvalue weighted by Gasteiger charge is -2.11. The number of para-hydroxylation sites is 1. The van der Waals surface area contributed by atoms with Gasteiger partial charge in [-0.2, -0.15) is 8.78 Å². The third-order valence-corrected chi connectivity index (χ3v) is 3.70. The number of halogens is 2. The Balaban J connectivity index is 1.78. The highest BCUT2D eigenvalue weighted by Crippen LogP contribution is 2.24. The minimum Gasteiger partial charge on any atom is -0.485 e. The van der Waals surface area contributed by atoms with Crippen molar-refractivity contribution in [3.8, 4) is 11.5 Å². The molecule has 5 nitrogen and oxygen atoms in total. The van der Waals surface area contributed by atoms with Crippen LogP contribution in [-0.2, 0) is 0 Å². The molecule has 0 unspecified atom stereocenters. The van der Waals surface area contributed by atoms with E-state index in [1.807, 2.05) is 0 Å². The van der Waals surface area contributed by atoms with E-state index in [2.05, 4.69) is 4.74 Å². The molecule has 26 heavy (non-hydrogen) atoms. The maximum atomic E-state index is 12.4. The van der Waals surface area contributed by atoms with Gasteiger partial charge >= 0.3 is 12.2 Å². The zero-order chi connectivity index (χ0) is 18.7. The molecule has 134 valence electrons. The number of rotatable bonds is 6. The van der Waals surface area contributed by atoms with Crippen molar-refractivity contribution in [2.24, 2.45) is 0 Å². The van der Waals surface area contributed by atoms with E-state index < -0.39 is 18.0 Å². The predicted molar refractivity (Wildman–Crippen MR) is 90.1 cm³/mol. The fourth-order valence-corrected chi connectivity index (χ4v) is 2.52. The van der Waals surface area contributed by atoms with Crippen LogP contribution in [0.2, 0.25) is 0 Å². The van der Waals surface area contributed by atoms with E-state index in [-0.39, 0.29) is 17.9 Å². The summed E-state index contributed by atoms with van der Waals surface area (Å²) >= 11 is 0. The minimum atomic E-state index is -3.03. The van der Waals surface area contributed by atoms with E-state index in [1.165, 1.54) is 30.3 Å². The van der Waals surface area contributed by atoms with Crippen LogP contribution in [0.25, 0.3) is 11.0 Å². The summed E-state index contributed by atoms with van der Waals surface area (Å²) in [5.41, 5.74) is 0.607. The second kappa shape index (κ2) is 7.35. The number of hydrogen-bond donors (Lipinski definition) is 0. The van der Waals surface area contributed by atoms with Gasteiger partial charge in [-0.3, -0.25) is 4.79 Å². The molecule has 3 aromatic rings. The number of aryl methyl sites for hydroxylation is 1. The van der Waals surface area contributed by atoms with Gasteiger partial charge < -0.3 is 13.9 Å². The molecule has 0 N–H and O–H groups in total. The fourth-order valence-electron chi connectivity index (χ4n) is 2.52. The largest absolute Gasteiger partial charge is 0.485 e. The van der Waals surface area contributed by atoms with E-state index in [0.717, 1.165) is 10.9 Å². The first kappa shape index (κ1) is 17.6. The van der Waals surface area contributed by atoms with Crippen LogP contribution in [0.15, 0.2) is 57.7 Å². The van der Waals surface area contributed by atoms with Gasteiger partial charge in [0, 0.05) is 17.5 Å². The summed E-state index contributed by atoms with van der Waals surface area (Å²) in [4.78, 5) is 23.7. The maximum absolute atomic E-state index is 12.4. The highest BCUT2D eigenvalue weighted by molar-refractivity contribution is 5.99. The van der Waals surface area contributed by atoms with Crippen LogP contribution < -0.4 is 15.1 Å². The van der Waals surface area contributed by atoms with Crippen molar-refractivity contribution in [1.82, 2.24) is 0 Å². The SMILES string of the molecule is Cc1cc(=O)oc2cc(OCC(=O)c3ccccc3OC(F)F)ccc12. The Morgan fingerprint density at radius 1 is 1.15 bits per heavy atom. The fraction of sp³-hybridized carbons (Fsp3) is 0.158. The van der Waals surface area contributed by atoms with Crippen LogP contribution in [-0.4, -0.2) is 19.0 Å². The molecule has 7 heteroatoms. The minimum absolute atomic E-state index is 0.00374. The first-order valence-corrected chi connectivity index (χ1v) is 7.68. The average Bonchev–Trinajstić information content (AvgIpc) is 2.59. The Kier molecular flexibility index (Phi) is 4.97. The lowest BCUT2D eigenvalue weighted by molar-refractivity contribution is -0.0501. The van der Waals surface area contributed by atoms with Crippen molar-refractivity contribution in [2.75, 3.05) is 6.61 Å². The first-order valence-electron chi connectivity index (χ1n) is 7.68. The topological polar surface area (TPSA) is 65.7 Å². The number of benzene rings is 2. The molecule has 2 aromatic carbocycles. The molecule has 0 fully saturated rings. The number of hydrogen-bond acceptors (Lipinski definition) is 5. The summed E-state index contributed by atoms with van der Waals surface area (Å²) < 4.78 is 39.7. The molecule has 1 aromatic heterocycles. The molecule has 0 atom stereocenters. The molecule has 1 heterocycles. The van der Waals surface area contributed by atoms with Crippen LogP contribution in [0.4, 0.5) is 8.78 Å². The van der Waals surface area contributed by atoms with Crippen molar-refractivity contribution in [1.29, 1.82) is 0 Å². The second-order valence-electron chi connectivity index (χ2n) is 5.49. The summed E-state index contributed by atoms with van der Waals surface area (Å²) in [5.74, 6) is -0.421. The zero-order valence-corrected chi connectivity index (χ0v) is 13.7. The monoisotopic (exact) mass is 360 g/mol. The number of ether oxygens (including phenoxy) is 2. The van der Waals surface area contributed by atoms with Crippen LogP contribution in [0.1, 0.15) is 15.9 Å². The Labute approximate surface area is 146 Å². The Morgan fingerprint density at radius 2 is 1.92 bits per heavy atom. The van der Waals surface area contributed by atoms with Gasteiger partial charge in [-0.05, 0) is 36.8 Å². The standard InChI is InChI=1S/C19H14F2O5/c1-11-8-18(23)25-17-9-12(6-7-13(11)17)24-10-15(22)14-4-2-3-5-16(14)26-19(20)21/h2-9,19H,10H2,1H3. The quantitative estimate of drug-likeness (QED) is 0.492. The van der Waals surface area contributed by atoms with Crippen molar-refractivity contribution in [2.45, 2.75) is 13.5 Å². The molecule has 0 aliphatic heterocycles. The van der Waals surface area contributed by atoms with Crippen molar-refractivity contribution in [3.63, 3.8) is 0 Å². The smallest absolute Gasteiger partial charge is 0.387 e. The number of carbonyl (C=O) groups is 1. The Morgan fingerprint density at radius 3 is 2.69 bits per heavy atom. The third-order valence-electron chi connectivity index (χ3n) is 3.70. The van der Waals surface area contributed by atoms with Crippen molar-refractivity contribution >= 4 is 16.8 Å². The summed E-state index contributed by atoms with van der Waals surface area (Å²) in [6, 6.07) is 11.9. The van der Waals surface area contributed by atoms with Gasteiger partial charge in [0.05, 0.1) is 5.56 Å². The average molecular weight is 360 g/mol. The zero-order valence-electron chi connectivity index (χ0n) is 13.7. The molecular formula is C19H14F2O5. The number of alkyl halides is 2. The van der Waals surface area contributed by atoms with E-state index >= 15 is 0 Å². The molecule has 0 radical (unpaired) electrons. The maximum Gasteiger partial charge on any atom is 0.387 e. The Hall–Kier alpha value is -3.22. The molecular weight excluding hydrogens is 346 g/mol. The van der Waals surface area contributed by atoms with Gasteiger partial charge in [-0.25, -0.2) is 4.79 Å². The van der Waals surface area contributed by atoms with Gasteiger partial charge in [-0.1, -0.05) is 12.1 Å². The molecule has 0 saturated heterocycles. The van der Waals surface area contributed by atoms with Crippen LogP contribution in [0.3, 0.4) is 0 Å². The van der Waals surface area contributed by atoms with Crippen LogP contribution >= 0.6 is 0 Å². The molecule has 0 saturated carbocycles. The number of carbonyl (C=O) groups excluding carboxylic acids is 1. The van der Waals surface area contributed by atoms with Crippen molar-refractivity contribution < 1.29 is 27.5 Å². The third kappa shape index (κ3) is 3.88. The van der Waals surface area contributed by atoms with Crippen LogP contribution in [0.5, 0.6) is 11.5 Å². The normalized spacial score (nSPS) is 10.9. The summed E-state index contributed by atoms with van der Waals surface area (Å²) in [6.45, 7) is -1.63. The second-order valence-corrected chi connectivity index (χ2v) is 5.49. The van der Waals surface area contributed by atoms with E-state index in [0.29, 0.717) is 11.3 Å². The van der Waals surface area contributed by atoms with E-state index in [9.17, 15) is 18.4 Å². The molecule has 0 amide bonds. The molecule has 0 aliphatic carbocycles. The summed E-state index contributed by atoms with van der Waals surface area (Å²) in [5, 5.41) is 0.749. The van der Waals surface area contributed by atoms with Gasteiger partial charge in [0.1, 0.15) is 17.1 Å². The van der Waals surface area contributed by atoms with Gasteiger partial charge in [0.15, 0.2) is 6.61 Å². The van der Waals surface area contributed by atoms with Gasteiger partial charge in [0.2, 0.25) is 5.78 Å². The lowest BCUT2D eigenvalue weighted by atomic mass is 10.1. The van der Waals surface area contributed by atoms with Gasteiger partial charge in [0.25, 0.3) is 0 Å². The van der Waals surface area contributed by atoms with Crippen LogP contribution in [0, 0.1) is 6.92 Å².